The Morgan fingerprint density at radius 3 is 2.74 bits per heavy atom. The summed E-state index contributed by atoms with van der Waals surface area (Å²) in [6.45, 7) is 3.86. The van der Waals surface area contributed by atoms with Gasteiger partial charge in [0.25, 0.3) is 5.91 Å². The van der Waals surface area contributed by atoms with E-state index in [9.17, 15) is 18.0 Å². The average Bonchev–Trinajstić information content (AvgIpc) is 2.58. The molecule has 1 aromatic carbocycles. The second kappa shape index (κ2) is 9.32. The summed E-state index contributed by atoms with van der Waals surface area (Å²) in [6, 6.07) is 8.21. The van der Waals surface area contributed by atoms with E-state index in [1.54, 1.807) is 13.0 Å². The number of ether oxygens (including phenoxy) is 1. The quantitative estimate of drug-likeness (QED) is 0.521. The Morgan fingerprint density at radius 1 is 1.37 bits per heavy atom. The Bertz CT molecular complexity index is 802. The van der Waals surface area contributed by atoms with Crippen molar-refractivity contribution in [1.29, 1.82) is 0 Å². The summed E-state index contributed by atoms with van der Waals surface area (Å²) in [7, 11) is 0. The van der Waals surface area contributed by atoms with Crippen molar-refractivity contribution >= 4 is 29.3 Å². The lowest BCUT2D eigenvalue weighted by Crippen LogP contribution is -2.37. The molecular formula is C18H18ClF3N2O2S. The van der Waals surface area contributed by atoms with Crippen LogP contribution in [0.1, 0.15) is 18.1 Å². The van der Waals surface area contributed by atoms with Crippen molar-refractivity contribution in [3.63, 3.8) is 0 Å². The van der Waals surface area contributed by atoms with E-state index < -0.39 is 17.8 Å². The lowest BCUT2D eigenvalue weighted by Gasteiger charge is -2.15. The minimum atomic E-state index is -4.48. The van der Waals surface area contributed by atoms with Gasteiger partial charge in [-0.3, -0.25) is 4.79 Å². The number of benzene rings is 1. The zero-order valence-corrected chi connectivity index (χ0v) is 16.2. The molecule has 1 aromatic heterocycles. The predicted octanol–water partition coefficient (Wildman–Crippen LogP) is 4.74. The number of nitrogens with zero attached hydrogens (tertiary/aromatic N) is 1. The van der Waals surface area contributed by atoms with Crippen molar-refractivity contribution in [3.05, 3.63) is 52.7 Å². The molecule has 0 unspecified atom stereocenters. The number of aryl methyl sites for hydroxylation is 1. The van der Waals surface area contributed by atoms with Crippen molar-refractivity contribution in [2.45, 2.75) is 31.2 Å². The Balaban J connectivity index is 1.78. The van der Waals surface area contributed by atoms with Crippen LogP contribution in [0.4, 0.5) is 13.2 Å². The first-order valence-electron chi connectivity index (χ1n) is 8.03. The van der Waals surface area contributed by atoms with Crippen LogP contribution >= 0.6 is 23.4 Å². The summed E-state index contributed by atoms with van der Waals surface area (Å²) in [5.41, 5.74) is 0.129. The molecule has 2 rings (SSSR count). The zero-order chi connectivity index (χ0) is 20.0. The van der Waals surface area contributed by atoms with Gasteiger partial charge in [-0.05, 0) is 37.6 Å². The highest BCUT2D eigenvalue weighted by atomic mass is 35.5. The molecule has 4 nitrogen and oxygen atoms in total. The molecule has 0 aliphatic heterocycles. The number of rotatable bonds is 7. The number of carbonyl (C=O) groups excluding carboxylic acids is 1. The molecule has 0 aliphatic rings. The van der Waals surface area contributed by atoms with E-state index in [1.165, 1.54) is 0 Å². The normalized spacial score (nSPS) is 12.5. The first-order valence-corrected chi connectivity index (χ1v) is 9.40. The minimum Gasteiger partial charge on any atom is -0.481 e. The van der Waals surface area contributed by atoms with Crippen LogP contribution in [0, 0.1) is 6.92 Å². The summed E-state index contributed by atoms with van der Waals surface area (Å²) < 4.78 is 43.3. The summed E-state index contributed by atoms with van der Waals surface area (Å²) >= 11 is 7.00. The average molecular weight is 419 g/mol. The second-order valence-corrected chi connectivity index (χ2v) is 7.22. The lowest BCUT2D eigenvalue weighted by atomic mass is 10.2. The van der Waals surface area contributed by atoms with E-state index in [0.717, 1.165) is 29.6 Å². The Labute approximate surface area is 164 Å². The highest BCUT2D eigenvalue weighted by Gasteiger charge is 2.31. The third-order valence-electron chi connectivity index (χ3n) is 3.45. The smallest absolute Gasteiger partial charge is 0.417 e. The molecular weight excluding hydrogens is 401 g/mol. The molecule has 1 N–H and O–H groups in total. The van der Waals surface area contributed by atoms with E-state index in [1.807, 2.05) is 25.1 Å². The Morgan fingerprint density at radius 2 is 2.11 bits per heavy atom. The molecule has 1 atom stereocenters. The fourth-order valence-electron chi connectivity index (χ4n) is 2.10. The Hall–Kier alpha value is -1.93. The number of hydrogen-bond acceptors (Lipinski definition) is 4. The third kappa shape index (κ3) is 6.62. The summed E-state index contributed by atoms with van der Waals surface area (Å²) in [5, 5.41) is 2.92. The first kappa shape index (κ1) is 21.4. The molecule has 0 saturated heterocycles. The first-order chi connectivity index (χ1) is 12.7. The standard InChI is InChI=1S/C18H18ClF3N2O2S/c1-11-4-3-5-14(8-11)26-12(2)16(25)23-6-7-27-17-15(19)9-13(10-24-17)18(20,21)22/h3-5,8-10,12H,6-7H2,1-2H3,(H,23,25)/t12-/m0/s1. The van der Waals surface area contributed by atoms with Crippen LogP contribution in [-0.4, -0.2) is 29.3 Å². The Kier molecular flexibility index (Phi) is 7.38. The number of halogens is 4. The third-order valence-corrected chi connectivity index (χ3v) is 4.85. The van der Waals surface area contributed by atoms with Gasteiger partial charge in [-0.2, -0.15) is 13.2 Å². The van der Waals surface area contributed by atoms with Crippen LogP contribution in [0.2, 0.25) is 5.02 Å². The highest BCUT2D eigenvalue weighted by Crippen LogP contribution is 2.33. The maximum atomic E-state index is 12.6. The van der Waals surface area contributed by atoms with Gasteiger partial charge < -0.3 is 10.1 Å². The zero-order valence-electron chi connectivity index (χ0n) is 14.6. The molecule has 0 spiro atoms. The van der Waals surface area contributed by atoms with Crippen LogP contribution in [0.15, 0.2) is 41.6 Å². The minimum absolute atomic E-state index is 0.0719. The molecule has 146 valence electrons. The number of nitrogens with one attached hydrogen (secondary N) is 1. The van der Waals surface area contributed by atoms with Crippen LogP contribution in [-0.2, 0) is 11.0 Å². The van der Waals surface area contributed by atoms with Crippen LogP contribution < -0.4 is 10.1 Å². The van der Waals surface area contributed by atoms with Crippen LogP contribution in [0.25, 0.3) is 0 Å². The second-order valence-electron chi connectivity index (χ2n) is 5.72. The number of thioether (sulfide) groups is 1. The van der Waals surface area contributed by atoms with Crippen LogP contribution in [0.5, 0.6) is 5.75 Å². The van der Waals surface area contributed by atoms with E-state index in [4.69, 9.17) is 16.3 Å². The summed E-state index contributed by atoms with van der Waals surface area (Å²) in [5.74, 6) is 0.720. The largest absolute Gasteiger partial charge is 0.481 e. The highest BCUT2D eigenvalue weighted by molar-refractivity contribution is 7.99. The van der Waals surface area contributed by atoms with Crippen molar-refractivity contribution in [2.24, 2.45) is 0 Å². The number of pyridine rings is 1. The van der Waals surface area contributed by atoms with E-state index in [-0.39, 0.29) is 16.0 Å². The number of hydrogen-bond donors (Lipinski definition) is 1. The molecule has 0 saturated carbocycles. The van der Waals surface area contributed by atoms with Gasteiger partial charge in [0.15, 0.2) is 6.10 Å². The fourth-order valence-corrected chi connectivity index (χ4v) is 3.15. The molecule has 0 aliphatic carbocycles. The maximum Gasteiger partial charge on any atom is 0.417 e. The lowest BCUT2D eigenvalue weighted by molar-refractivity contribution is -0.137. The van der Waals surface area contributed by atoms with Gasteiger partial charge in [-0.1, -0.05) is 23.7 Å². The molecule has 0 radical (unpaired) electrons. The van der Waals surface area contributed by atoms with Crippen molar-refractivity contribution in [2.75, 3.05) is 12.3 Å². The molecule has 0 bridgehead atoms. The van der Waals surface area contributed by atoms with Gasteiger partial charge >= 0.3 is 6.18 Å². The molecule has 1 heterocycles. The fraction of sp³-hybridized carbons (Fsp3) is 0.333. The van der Waals surface area contributed by atoms with Gasteiger partial charge in [0, 0.05) is 18.5 Å². The molecule has 27 heavy (non-hydrogen) atoms. The molecule has 9 heteroatoms. The number of aromatic nitrogens is 1. The SMILES string of the molecule is Cc1cccc(O[C@@H](C)C(=O)NCCSc2ncc(C(F)(F)F)cc2Cl)c1. The van der Waals surface area contributed by atoms with E-state index >= 15 is 0 Å². The molecule has 1 amide bonds. The van der Waals surface area contributed by atoms with Crippen LogP contribution in [0.3, 0.4) is 0 Å². The maximum absolute atomic E-state index is 12.6. The summed E-state index contributed by atoms with van der Waals surface area (Å²) in [4.78, 5) is 15.8. The van der Waals surface area contributed by atoms with Gasteiger partial charge in [0.2, 0.25) is 0 Å². The van der Waals surface area contributed by atoms with E-state index in [0.29, 0.717) is 18.0 Å². The molecule has 2 aromatic rings. The monoisotopic (exact) mass is 418 g/mol. The predicted molar refractivity (Wildman–Crippen MR) is 99.3 cm³/mol. The topological polar surface area (TPSA) is 51.2 Å². The van der Waals surface area contributed by atoms with E-state index in [2.05, 4.69) is 10.3 Å². The number of amides is 1. The number of carbonyl (C=O) groups is 1. The number of alkyl halides is 3. The van der Waals surface area contributed by atoms with Gasteiger partial charge in [-0.25, -0.2) is 4.98 Å². The molecule has 0 fully saturated rings. The van der Waals surface area contributed by atoms with Gasteiger partial charge in [0.05, 0.1) is 10.6 Å². The van der Waals surface area contributed by atoms with Gasteiger partial charge in [-0.15, -0.1) is 11.8 Å². The van der Waals surface area contributed by atoms with Crippen molar-refractivity contribution in [1.82, 2.24) is 10.3 Å². The summed E-state index contributed by atoms with van der Waals surface area (Å²) in [6.07, 6.45) is -4.42. The van der Waals surface area contributed by atoms with Crippen molar-refractivity contribution < 1.29 is 22.7 Å². The van der Waals surface area contributed by atoms with Gasteiger partial charge in [0.1, 0.15) is 10.8 Å². The van der Waals surface area contributed by atoms with Crippen molar-refractivity contribution in [3.8, 4) is 5.75 Å².